The summed E-state index contributed by atoms with van der Waals surface area (Å²) in [5, 5.41) is 3.58. The second kappa shape index (κ2) is 5.95. The number of carbonyl (C=O) groups excluding carboxylic acids is 1. The fourth-order valence-electron chi connectivity index (χ4n) is 2.61. The lowest BCUT2D eigenvalue weighted by Gasteiger charge is -2.24. The van der Waals surface area contributed by atoms with Crippen LogP contribution in [-0.4, -0.2) is 42.3 Å². The van der Waals surface area contributed by atoms with E-state index in [2.05, 4.69) is 11.4 Å². The minimum atomic E-state index is -0.415. The highest BCUT2D eigenvalue weighted by Gasteiger charge is 2.25. The lowest BCUT2D eigenvalue weighted by molar-refractivity contribution is 0.0301. The fraction of sp³-hybridized carbons (Fsp3) is 0.800. The average Bonchev–Trinajstić information content (AvgIpc) is 2.96. The maximum Gasteiger partial charge on any atom is 0.410 e. The van der Waals surface area contributed by atoms with Gasteiger partial charge in [0.25, 0.3) is 0 Å². The Kier molecular flexibility index (Phi) is 4.50. The molecule has 0 bridgehead atoms. The van der Waals surface area contributed by atoms with E-state index in [0.717, 1.165) is 6.54 Å². The first kappa shape index (κ1) is 14.4. The van der Waals surface area contributed by atoms with E-state index in [9.17, 15) is 4.79 Å². The van der Waals surface area contributed by atoms with Crippen LogP contribution in [0, 0.1) is 0 Å². The Morgan fingerprint density at radius 3 is 2.74 bits per heavy atom. The van der Waals surface area contributed by atoms with Crippen LogP contribution < -0.4 is 5.32 Å². The standard InChI is InChI=1S/C15H26N2O2/c1-15(2,3)19-14(18)17-9-8-12(11-17)10-16-13-6-4-5-7-13/h8,13,16H,4-7,9-11H2,1-3H3. The second-order valence-electron chi connectivity index (χ2n) is 6.59. The molecule has 1 fully saturated rings. The van der Waals surface area contributed by atoms with Gasteiger partial charge in [-0.1, -0.05) is 18.9 Å². The summed E-state index contributed by atoms with van der Waals surface area (Å²) in [5.74, 6) is 0. The number of hydrogen-bond donors (Lipinski definition) is 1. The van der Waals surface area contributed by atoms with Gasteiger partial charge in [0.1, 0.15) is 5.60 Å². The molecule has 1 amide bonds. The molecular weight excluding hydrogens is 240 g/mol. The lowest BCUT2D eigenvalue weighted by Crippen LogP contribution is -2.36. The van der Waals surface area contributed by atoms with Crippen molar-refractivity contribution in [3.8, 4) is 0 Å². The van der Waals surface area contributed by atoms with Gasteiger partial charge in [-0.15, -0.1) is 0 Å². The van der Waals surface area contributed by atoms with Crippen molar-refractivity contribution in [1.82, 2.24) is 10.2 Å². The van der Waals surface area contributed by atoms with Crippen molar-refractivity contribution in [3.05, 3.63) is 11.6 Å². The number of rotatable bonds is 3. The Labute approximate surface area is 116 Å². The van der Waals surface area contributed by atoms with E-state index in [1.807, 2.05) is 20.8 Å². The van der Waals surface area contributed by atoms with Crippen molar-refractivity contribution in [2.75, 3.05) is 19.6 Å². The van der Waals surface area contributed by atoms with Crippen LogP contribution in [0.5, 0.6) is 0 Å². The van der Waals surface area contributed by atoms with E-state index < -0.39 is 5.60 Å². The van der Waals surface area contributed by atoms with Crippen LogP contribution in [-0.2, 0) is 4.74 Å². The van der Waals surface area contributed by atoms with E-state index in [-0.39, 0.29) is 6.09 Å². The van der Waals surface area contributed by atoms with Crippen molar-refractivity contribution in [2.24, 2.45) is 0 Å². The SMILES string of the molecule is CC(C)(C)OC(=O)N1CC=C(CNC2CCCC2)C1. The molecule has 0 atom stereocenters. The summed E-state index contributed by atoms with van der Waals surface area (Å²) < 4.78 is 5.38. The molecule has 0 aromatic heterocycles. The molecule has 1 heterocycles. The van der Waals surface area contributed by atoms with E-state index in [4.69, 9.17) is 4.74 Å². The molecule has 0 aromatic rings. The topological polar surface area (TPSA) is 41.6 Å². The van der Waals surface area contributed by atoms with E-state index in [0.29, 0.717) is 19.1 Å². The summed E-state index contributed by atoms with van der Waals surface area (Å²) in [6, 6.07) is 0.677. The van der Waals surface area contributed by atoms with Gasteiger partial charge in [-0.3, -0.25) is 0 Å². The predicted molar refractivity (Wildman–Crippen MR) is 76.1 cm³/mol. The van der Waals surface area contributed by atoms with Gasteiger partial charge >= 0.3 is 6.09 Å². The molecule has 1 aliphatic carbocycles. The van der Waals surface area contributed by atoms with Crippen molar-refractivity contribution in [2.45, 2.75) is 58.1 Å². The molecule has 2 rings (SSSR count). The van der Waals surface area contributed by atoms with Gasteiger partial charge in [-0.05, 0) is 39.2 Å². The third-order valence-corrected chi connectivity index (χ3v) is 3.62. The minimum absolute atomic E-state index is 0.209. The Bertz CT molecular complexity index is 352. The zero-order valence-corrected chi connectivity index (χ0v) is 12.4. The van der Waals surface area contributed by atoms with Gasteiger partial charge in [0.05, 0.1) is 0 Å². The van der Waals surface area contributed by atoms with Crippen LogP contribution in [0.4, 0.5) is 4.79 Å². The maximum atomic E-state index is 11.9. The molecule has 108 valence electrons. The quantitative estimate of drug-likeness (QED) is 0.799. The van der Waals surface area contributed by atoms with Gasteiger partial charge in [-0.25, -0.2) is 4.79 Å². The molecule has 4 heteroatoms. The van der Waals surface area contributed by atoms with Gasteiger partial charge in [0.15, 0.2) is 0 Å². The summed E-state index contributed by atoms with van der Waals surface area (Å²) in [7, 11) is 0. The monoisotopic (exact) mass is 266 g/mol. The third kappa shape index (κ3) is 4.53. The number of amides is 1. The molecule has 1 aliphatic heterocycles. The molecule has 0 aromatic carbocycles. The van der Waals surface area contributed by atoms with Crippen molar-refractivity contribution in [1.29, 1.82) is 0 Å². The van der Waals surface area contributed by atoms with Crippen molar-refractivity contribution in [3.63, 3.8) is 0 Å². The van der Waals surface area contributed by atoms with Gasteiger partial charge in [-0.2, -0.15) is 0 Å². The number of nitrogens with one attached hydrogen (secondary N) is 1. The first-order valence-corrected chi connectivity index (χ1v) is 7.33. The van der Waals surface area contributed by atoms with Crippen LogP contribution in [0.25, 0.3) is 0 Å². The number of hydrogen-bond acceptors (Lipinski definition) is 3. The van der Waals surface area contributed by atoms with E-state index in [1.165, 1.54) is 31.3 Å². The Morgan fingerprint density at radius 2 is 2.11 bits per heavy atom. The highest BCUT2D eigenvalue weighted by Crippen LogP contribution is 2.19. The summed E-state index contributed by atoms with van der Waals surface area (Å²) in [6.07, 6.45) is 7.22. The normalized spacial score (nSPS) is 20.8. The zero-order chi connectivity index (χ0) is 13.9. The Morgan fingerprint density at radius 1 is 1.42 bits per heavy atom. The molecular formula is C15H26N2O2. The van der Waals surface area contributed by atoms with Crippen LogP contribution in [0.1, 0.15) is 46.5 Å². The van der Waals surface area contributed by atoms with Crippen LogP contribution >= 0.6 is 0 Å². The summed E-state index contributed by atoms with van der Waals surface area (Å²) in [6.45, 7) is 7.99. The fourth-order valence-corrected chi connectivity index (χ4v) is 2.61. The highest BCUT2D eigenvalue weighted by atomic mass is 16.6. The Hall–Kier alpha value is -1.03. The number of ether oxygens (including phenoxy) is 1. The molecule has 4 nitrogen and oxygen atoms in total. The zero-order valence-electron chi connectivity index (χ0n) is 12.4. The van der Waals surface area contributed by atoms with Gasteiger partial charge in [0, 0.05) is 25.7 Å². The van der Waals surface area contributed by atoms with E-state index >= 15 is 0 Å². The minimum Gasteiger partial charge on any atom is -0.444 e. The van der Waals surface area contributed by atoms with Crippen LogP contribution in [0.2, 0.25) is 0 Å². The molecule has 0 spiro atoms. The number of nitrogens with zero attached hydrogens (tertiary/aromatic N) is 1. The molecule has 0 unspecified atom stereocenters. The first-order chi connectivity index (χ1) is 8.94. The smallest absolute Gasteiger partial charge is 0.410 e. The summed E-state index contributed by atoms with van der Waals surface area (Å²) in [4.78, 5) is 13.7. The second-order valence-corrected chi connectivity index (χ2v) is 6.59. The summed E-state index contributed by atoms with van der Waals surface area (Å²) >= 11 is 0. The van der Waals surface area contributed by atoms with Crippen LogP contribution in [0.15, 0.2) is 11.6 Å². The first-order valence-electron chi connectivity index (χ1n) is 7.33. The third-order valence-electron chi connectivity index (χ3n) is 3.62. The van der Waals surface area contributed by atoms with Crippen molar-refractivity contribution >= 4 is 6.09 Å². The molecule has 1 saturated carbocycles. The Balaban J connectivity index is 1.71. The molecule has 0 saturated heterocycles. The van der Waals surface area contributed by atoms with Gasteiger partial charge in [0.2, 0.25) is 0 Å². The number of carbonyl (C=O) groups is 1. The molecule has 1 N–H and O–H groups in total. The van der Waals surface area contributed by atoms with E-state index in [1.54, 1.807) is 4.90 Å². The largest absolute Gasteiger partial charge is 0.444 e. The predicted octanol–water partition coefficient (Wildman–Crippen LogP) is 2.70. The van der Waals surface area contributed by atoms with Crippen LogP contribution in [0.3, 0.4) is 0 Å². The summed E-state index contributed by atoms with van der Waals surface area (Å²) in [5.41, 5.74) is 0.889. The molecule has 2 aliphatic rings. The highest BCUT2D eigenvalue weighted by molar-refractivity contribution is 5.69. The van der Waals surface area contributed by atoms with Crippen molar-refractivity contribution < 1.29 is 9.53 Å². The maximum absolute atomic E-state index is 11.9. The van der Waals surface area contributed by atoms with Gasteiger partial charge < -0.3 is 15.0 Å². The molecule has 19 heavy (non-hydrogen) atoms. The lowest BCUT2D eigenvalue weighted by atomic mass is 10.2. The average molecular weight is 266 g/mol. The molecule has 0 radical (unpaired) electrons.